The number of hydrogen-bond acceptors (Lipinski definition) is 7. The highest BCUT2D eigenvalue weighted by molar-refractivity contribution is 7.86. The van der Waals surface area contributed by atoms with Crippen LogP contribution in [0.25, 0.3) is 0 Å². The van der Waals surface area contributed by atoms with E-state index in [1.54, 1.807) is 12.1 Å². The van der Waals surface area contributed by atoms with Crippen molar-refractivity contribution in [3.8, 4) is 11.5 Å². The third kappa shape index (κ3) is 5.58. The normalized spacial score (nSPS) is 12.1. The number of benzene rings is 4. The zero-order chi connectivity index (χ0) is 26.6. The van der Waals surface area contributed by atoms with Crippen LogP contribution in [0.15, 0.2) is 95.9 Å². The Morgan fingerprint density at radius 2 is 1.16 bits per heavy atom. The lowest BCUT2D eigenvalue weighted by Gasteiger charge is -2.24. The van der Waals surface area contributed by atoms with Gasteiger partial charge in [-0.3, -0.25) is 9.59 Å². The number of halogens is 1. The molecule has 37 heavy (non-hydrogen) atoms. The van der Waals surface area contributed by atoms with Crippen molar-refractivity contribution in [2.24, 2.45) is 0 Å². The standard InChI is InChI=1S/C16H12O7S.C12H10I/c1-22-11-7-10-12(16(15(11)23-2)24(19,20)21)14(18)9-6-4-3-5-8(9)13(10)17;1-3-7-11(8-4-1)13-12-9-5-2-6-10-12/h3-7H,1-2H3,(H,19,20,21);1-10H/q;+1/p-1. The lowest BCUT2D eigenvalue weighted by atomic mass is 9.83. The van der Waals surface area contributed by atoms with Crippen molar-refractivity contribution in [1.82, 2.24) is 0 Å². The van der Waals surface area contributed by atoms with Crippen LogP contribution in [0.2, 0.25) is 0 Å². The van der Waals surface area contributed by atoms with Crippen LogP contribution in [0, 0.1) is 7.14 Å². The zero-order valence-electron chi connectivity index (χ0n) is 19.8. The van der Waals surface area contributed by atoms with Gasteiger partial charge in [-0.25, -0.2) is 8.42 Å². The Morgan fingerprint density at radius 3 is 1.62 bits per heavy atom. The van der Waals surface area contributed by atoms with Gasteiger partial charge in [-0.15, -0.1) is 0 Å². The maximum Gasteiger partial charge on any atom is 0.357 e. The molecule has 0 fully saturated rings. The van der Waals surface area contributed by atoms with E-state index >= 15 is 0 Å². The summed E-state index contributed by atoms with van der Waals surface area (Å²) in [4.78, 5) is 24.5. The highest BCUT2D eigenvalue weighted by Crippen LogP contribution is 2.42. The Labute approximate surface area is 225 Å². The highest BCUT2D eigenvalue weighted by Gasteiger charge is 2.36. The second-order valence-electron chi connectivity index (χ2n) is 7.71. The maximum atomic E-state index is 12.7. The molecular formula is C28H21IO7S. The molecule has 0 saturated carbocycles. The van der Waals surface area contributed by atoms with Gasteiger partial charge in [0.25, 0.3) is 0 Å². The van der Waals surface area contributed by atoms with E-state index in [9.17, 15) is 22.6 Å². The van der Waals surface area contributed by atoms with E-state index in [-0.39, 0.29) is 43.6 Å². The molecule has 0 heterocycles. The van der Waals surface area contributed by atoms with E-state index in [4.69, 9.17) is 9.47 Å². The molecule has 1 aliphatic rings. The first kappa shape index (κ1) is 26.5. The summed E-state index contributed by atoms with van der Waals surface area (Å²) >= 11 is 0.0287. The van der Waals surface area contributed by atoms with Crippen molar-refractivity contribution in [1.29, 1.82) is 0 Å². The number of ether oxygens (including phenoxy) is 2. The number of carbonyl (C=O) groups is 2. The Morgan fingerprint density at radius 1 is 0.676 bits per heavy atom. The van der Waals surface area contributed by atoms with E-state index in [1.165, 1.54) is 32.4 Å². The molecule has 5 rings (SSSR count). The summed E-state index contributed by atoms with van der Waals surface area (Å²) in [6.07, 6.45) is 0. The van der Waals surface area contributed by atoms with Crippen molar-refractivity contribution in [2.45, 2.75) is 4.90 Å². The first-order valence-corrected chi connectivity index (χ1v) is 14.5. The fraction of sp³-hybridized carbons (Fsp3) is 0.0714. The molecule has 0 saturated heterocycles. The lowest BCUT2D eigenvalue weighted by molar-refractivity contribution is -0.597. The first-order chi connectivity index (χ1) is 17.8. The van der Waals surface area contributed by atoms with Crippen LogP contribution in [-0.4, -0.2) is 38.8 Å². The SMILES string of the molecule is COc1cc2c(c(S(=O)(=O)[O-])c1OC)C(=O)c1ccccc1C2=O.c1ccc([I+]c2ccccc2)cc1. The molecule has 0 atom stereocenters. The maximum absolute atomic E-state index is 12.7. The molecule has 0 radical (unpaired) electrons. The summed E-state index contributed by atoms with van der Waals surface area (Å²) < 4.78 is 48.2. The minimum Gasteiger partial charge on any atom is -0.744 e. The van der Waals surface area contributed by atoms with Gasteiger partial charge in [0.05, 0.1) is 19.8 Å². The number of hydrogen-bond donors (Lipinski definition) is 0. The van der Waals surface area contributed by atoms with Crippen LogP contribution in [0.3, 0.4) is 0 Å². The molecule has 0 N–H and O–H groups in total. The Balaban J connectivity index is 0.000000207. The van der Waals surface area contributed by atoms with E-state index in [1.807, 2.05) is 0 Å². The van der Waals surface area contributed by atoms with E-state index < -0.39 is 37.9 Å². The van der Waals surface area contributed by atoms with E-state index in [2.05, 4.69) is 60.7 Å². The minimum absolute atomic E-state index is 0.0287. The topological polar surface area (TPSA) is 110 Å². The van der Waals surface area contributed by atoms with Gasteiger partial charge < -0.3 is 14.0 Å². The lowest BCUT2D eigenvalue weighted by Crippen LogP contribution is -3.61. The largest absolute Gasteiger partial charge is 0.744 e. The van der Waals surface area contributed by atoms with Gasteiger partial charge in [-0.1, -0.05) is 60.7 Å². The Hall–Kier alpha value is -3.54. The van der Waals surface area contributed by atoms with Gasteiger partial charge >= 0.3 is 21.2 Å². The van der Waals surface area contributed by atoms with Crippen LogP contribution in [0.5, 0.6) is 11.5 Å². The molecule has 0 unspecified atom stereocenters. The van der Waals surface area contributed by atoms with E-state index in [0.29, 0.717) is 0 Å². The Kier molecular flexibility index (Phi) is 8.06. The average Bonchev–Trinajstić information content (AvgIpc) is 2.91. The van der Waals surface area contributed by atoms with Gasteiger partial charge in [0.2, 0.25) is 0 Å². The molecule has 0 aliphatic heterocycles. The highest BCUT2D eigenvalue weighted by atomic mass is 127. The first-order valence-electron chi connectivity index (χ1n) is 10.9. The molecule has 0 aromatic heterocycles. The number of rotatable bonds is 5. The Bertz CT molecular complexity index is 1530. The predicted molar refractivity (Wildman–Crippen MR) is 131 cm³/mol. The van der Waals surface area contributed by atoms with Crippen molar-refractivity contribution in [3.63, 3.8) is 0 Å². The van der Waals surface area contributed by atoms with Gasteiger partial charge in [0.15, 0.2) is 30.2 Å². The van der Waals surface area contributed by atoms with Gasteiger partial charge in [0, 0.05) is 16.7 Å². The zero-order valence-corrected chi connectivity index (χ0v) is 22.8. The van der Waals surface area contributed by atoms with Crippen LogP contribution >= 0.6 is 0 Å². The van der Waals surface area contributed by atoms with Crippen LogP contribution in [0.4, 0.5) is 0 Å². The molecule has 1 aliphatic carbocycles. The smallest absolute Gasteiger partial charge is 0.357 e. The average molecular weight is 628 g/mol. The molecular weight excluding hydrogens is 607 g/mol. The van der Waals surface area contributed by atoms with E-state index in [0.717, 1.165) is 7.11 Å². The fourth-order valence-corrected chi connectivity index (χ4v) is 6.98. The second-order valence-corrected chi connectivity index (χ2v) is 12.1. The number of fused-ring (bicyclic) bond motifs is 2. The van der Waals surface area contributed by atoms with Gasteiger partial charge in [0.1, 0.15) is 15.0 Å². The molecule has 0 spiro atoms. The van der Waals surface area contributed by atoms with Crippen LogP contribution in [-0.2, 0) is 10.1 Å². The summed E-state index contributed by atoms with van der Waals surface area (Å²) in [5.41, 5.74) is -0.513. The van der Waals surface area contributed by atoms with Crippen LogP contribution in [0.1, 0.15) is 31.8 Å². The summed E-state index contributed by atoms with van der Waals surface area (Å²) in [7, 11) is -2.74. The second kappa shape index (κ2) is 11.2. The molecule has 0 bridgehead atoms. The van der Waals surface area contributed by atoms with Crippen molar-refractivity contribution in [3.05, 3.63) is 120 Å². The molecule has 188 valence electrons. The van der Waals surface area contributed by atoms with Crippen molar-refractivity contribution >= 4 is 21.7 Å². The number of methoxy groups -OCH3 is 2. The number of carbonyl (C=O) groups excluding carboxylic acids is 2. The third-order valence-corrected chi connectivity index (χ3v) is 9.02. The van der Waals surface area contributed by atoms with Gasteiger partial charge in [-0.2, -0.15) is 0 Å². The monoisotopic (exact) mass is 628 g/mol. The van der Waals surface area contributed by atoms with Crippen molar-refractivity contribution < 1.29 is 53.2 Å². The molecule has 4 aromatic carbocycles. The summed E-state index contributed by atoms with van der Waals surface area (Å²) in [6, 6.07) is 28.6. The summed E-state index contributed by atoms with van der Waals surface area (Å²) in [5.74, 6) is -1.81. The predicted octanol–water partition coefficient (Wildman–Crippen LogP) is 1.20. The quantitative estimate of drug-likeness (QED) is 0.213. The molecule has 0 amide bonds. The summed E-state index contributed by atoms with van der Waals surface area (Å²) in [5, 5.41) is 0. The molecule has 4 aromatic rings. The van der Waals surface area contributed by atoms with Crippen molar-refractivity contribution in [2.75, 3.05) is 14.2 Å². The summed E-state index contributed by atoms with van der Waals surface area (Å²) in [6.45, 7) is 0. The third-order valence-electron chi connectivity index (χ3n) is 5.45. The minimum atomic E-state index is -5.11. The number of ketones is 2. The van der Waals surface area contributed by atoms with Crippen LogP contribution < -0.4 is 30.7 Å². The molecule has 7 nitrogen and oxygen atoms in total. The van der Waals surface area contributed by atoms with Gasteiger partial charge in [-0.05, 0) is 30.3 Å². The molecule has 9 heteroatoms. The fourth-order valence-electron chi connectivity index (χ4n) is 3.84.